The Kier molecular flexibility index (Phi) is 3.44. The normalized spacial score (nSPS) is 16.3. The minimum Gasteiger partial charge on any atom is -0.490 e. The first-order chi connectivity index (χ1) is 11.6. The van der Waals surface area contributed by atoms with Crippen LogP contribution in [0, 0.1) is 16.0 Å². The number of hydrogen-bond donors (Lipinski definition) is 0. The van der Waals surface area contributed by atoms with Gasteiger partial charge in [0.15, 0.2) is 5.75 Å². The van der Waals surface area contributed by atoms with Crippen molar-refractivity contribution in [3.8, 4) is 16.9 Å². The third-order valence-electron chi connectivity index (χ3n) is 4.98. The highest BCUT2D eigenvalue weighted by Gasteiger charge is 2.31. The van der Waals surface area contributed by atoms with Crippen LogP contribution < -0.4 is 9.64 Å². The highest BCUT2D eigenvalue weighted by Crippen LogP contribution is 2.44. The van der Waals surface area contributed by atoms with E-state index in [1.807, 2.05) is 24.0 Å². The third-order valence-corrected chi connectivity index (χ3v) is 4.98. The van der Waals surface area contributed by atoms with E-state index in [4.69, 9.17) is 4.74 Å². The molecule has 1 aromatic carbocycles. The number of hydrogen-bond acceptors (Lipinski definition) is 5. The molecule has 1 saturated carbocycles. The molecule has 0 radical (unpaired) electrons. The number of methoxy groups -OCH3 is 1. The maximum absolute atomic E-state index is 11.4. The number of aromatic nitrogens is 2. The van der Waals surface area contributed by atoms with Crippen LogP contribution in [0.25, 0.3) is 11.1 Å². The van der Waals surface area contributed by atoms with Crippen LogP contribution in [0.15, 0.2) is 18.3 Å². The second kappa shape index (κ2) is 5.51. The minimum absolute atomic E-state index is 0.000625. The summed E-state index contributed by atoms with van der Waals surface area (Å²) in [7, 11) is 3.40. The zero-order valence-electron chi connectivity index (χ0n) is 13.9. The molecule has 7 nitrogen and oxygen atoms in total. The lowest BCUT2D eigenvalue weighted by molar-refractivity contribution is -0.385. The summed E-state index contributed by atoms with van der Waals surface area (Å²) < 4.78 is 7.16. The van der Waals surface area contributed by atoms with Crippen LogP contribution in [-0.4, -0.2) is 34.9 Å². The van der Waals surface area contributed by atoms with Crippen molar-refractivity contribution in [3.05, 3.63) is 34.1 Å². The van der Waals surface area contributed by atoms with Crippen LogP contribution in [0.4, 0.5) is 11.4 Å². The monoisotopic (exact) mass is 328 g/mol. The highest BCUT2D eigenvalue weighted by atomic mass is 16.6. The number of nitro groups is 1. The van der Waals surface area contributed by atoms with E-state index in [0.717, 1.165) is 47.9 Å². The molecule has 1 aromatic heterocycles. The van der Waals surface area contributed by atoms with Crippen LogP contribution in [0.5, 0.6) is 5.75 Å². The average Bonchev–Trinajstić information content (AvgIpc) is 3.34. The van der Waals surface area contributed by atoms with Gasteiger partial charge in [-0.15, -0.1) is 0 Å². The Morgan fingerprint density at radius 3 is 2.83 bits per heavy atom. The fraction of sp³-hybridized carbons (Fsp3) is 0.471. The minimum atomic E-state index is -0.384. The van der Waals surface area contributed by atoms with Gasteiger partial charge in [0.25, 0.3) is 0 Å². The second-order valence-corrected chi connectivity index (χ2v) is 6.57. The number of aryl methyl sites for hydroxylation is 1. The number of nitro benzene ring substituents is 1. The molecular formula is C17H20N4O3. The van der Waals surface area contributed by atoms with Gasteiger partial charge in [0.1, 0.15) is 0 Å². The van der Waals surface area contributed by atoms with Gasteiger partial charge in [-0.25, -0.2) is 0 Å². The molecule has 1 aliphatic heterocycles. The predicted molar refractivity (Wildman–Crippen MR) is 90.5 cm³/mol. The zero-order valence-corrected chi connectivity index (χ0v) is 13.9. The summed E-state index contributed by atoms with van der Waals surface area (Å²) in [5.41, 5.74) is 3.99. The molecule has 0 atom stereocenters. The molecule has 0 spiro atoms. The first-order valence-electron chi connectivity index (χ1n) is 8.21. The van der Waals surface area contributed by atoms with Gasteiger partial charge in [-0.05, 0) is 18.8 Å². The SMILES string of the molecule is COc1cc2c(cc1[N+](=O)[O-])-c1cnn(C)c1CCN2CC1CC1. The van der Waals surface area contributed by atoms with Crippen molar-refractivity contribution < 1.29 is 9.66 Å². The van der Waals surface area contributed by atoms with Crippen molar-refractivity contribution in [1.29, 1.82) is 0 Å². The predicted octanol–water partition coefficient (Wildman–Crippen LogP) is 2.78. The van der Waals surface area contributed by atoms with E-state index in [2.05, 4.69) is 10.00 Å². The molecule has 7 heteroatoms. The lowest BCUT2D eigenvalue weighted by atomic mass is 10.0. The van der Waals surface area contributed by atoms with Crippen LogP contribution in [-0.2, 0) is 13.5 Å². The molecule has 24 heavy (non-hydrogen) atoms. The largest absolute Gasteiger partial charge is 0.490 e. The number of nitrogens with zero attached hydrogens (tertiary/aromatic N) is 4. The first-order valence-corrected chi connectivity index (χ1v) is 8.21. The van der Waals surface area contributed by atoms with Crippen molar-refractivity contribution in [1.82, 2.24) is 9.78 Å². The fourth-order valence-corrected chi connectivity index (χ4v) is 3.49. The van der Waals surface area contributed by atoms with Gasteiger partial charge < -0.3 is 9.64 Å². The smallest absolute Gasteiger partial charge is 0.311 e. The van der Waals surface area contributed by atoms with Crippen molar-refractivity contribution >= 4 is 11.4 Å². The van der Waals surface area contributed by atoms with Gasteiger partial charge in [0.2, 0.25) is 0 Å². The Morgan fingerprint density at radius 2 is 2.17 bits per heavy atom. The van der Waals surface area contributed by atoms with E-state index >= 15 is 0 Å². The van der Waals surface area contributed by atoms with Gasteiger partial charge >= 0.3 is 5.69 Å². The molecule has 0 amide bonds. The standard InChI is InChI=1S/C17H20N4O3/c1-19-14-5-6-20(10-11-3-4-11)15-8-17(24-2)16(21(22)23)7-12(15)13(14)9-18-19/h7-9,11H,3-6,10H2,1-2H3. The van der Waals surface area contributed by atoms with Gasteiger partial charge in [-0.2, -0.15) is 5.10 Å². The molecule has 126 valence electrons. The fourth-order valence-electron chi connectivity index (χ4n) is 3.49. The van der Waals surface area contributed by atoms with E-state index < -0.39 is 0 Å². The summed E-state index contributed by atoms with van der Waals surface area (Å²) in [5.74, 6) is 1.05. The Balaban J connectivity index is 1.91. The second-order valence-electron chi connectivity index (χ2n) is 6.57. The molecule has 2 aliphatic rings. The molecule has 4 rings (SSSR count). The Morgan fingerprint density at radius 1 is 1.38 bits per heavy atom. The number of rotatable bonds is 4. The van der Waals surface area contributed by atoms with Crippen molar-refractivity contribution in [2.45, 2.75) is 19.3 Å². The van der Waals surface area contributed by atoms with E-state index in [1.54, 1.807) is 6.07 Å². The van der Waals surface area contributed by atoms with E-state index in [9.17, 15) is 10.1 Å². The summed E-state index contributed by atoms with van der Waals surface area (Å²) in [5, 5.41) is 15.8. The lowest BCUT2D eigenvalue weighted by Crippen LogP contribution is -2.28. The van der Waals surface area contributed by atoms with Gasteiger partial charge in [0.05, 0.1) is 18.2 Å². The van der Waals surface area contributed by atoms with Gasteiger partial charge in [-0.3, -0.25) is 14.8 Å². The lowest BCUT2D eigenvalue weighted by Gasteiger charge is -2.25. The van der Waals surface area contributed by atoms with Crippen molar-refractivity contribution in [3.63, 3.8) is 0 Å². The molecule has 0 bridgehead atoms. The maximum atomic E-state index is 11.4. The maximum Gasteiger partial charge on any atom is 0.311 e. The number of anilines is 1. The first kappa shape index (κ1) is 15.0. The van der Waals surface area contributed by atoms with E-state index in [1.165, 1.54) is 20.0 Å². The Bertz CT molecular complexity index is 810. The summed E-state index contributed by atoms with van der Waals surface area (Å²) in [4.78, 5) is 13.4. The van der Waals surface area contributed by atoms with Crippen LogP contribution in [0.3, 0.4) is 0 Å². The third kappa shape index (κ3) is 2.40. The Labute approximate surface area is 140 Å². The zero-order chi connectivity index (χ0) is 16.8. The van der Waals surface area contributed by atoms with Gasteiger partial charge in [-0.1, -0.05) is 0 Å². The van der Waals surface area contributed by atoms with Crippen LogP contribution >= 0.6 is 0 Å². The van der Waals surface area contributed by atoms with Crippen molar-refractivity contribution in [2.75, 3.05) is 25.1 Å². The van der Waals surface area contributed by atoms with E-state index in [0.29, 0.717) is 5.75 Å². The highest BCUT2D eigenvalue weighted by molar-refractivity contribution is 5.85. The number of ether oxygens (including phenoxy) is 1. The van der Waals surface area contributed by atoms with Crippen molar-refractivity contribution in [2.24, 2.45) is 13.0 Å². The molecule has 2 heterocycles. The summed E-state index contributed by atoms with van der Waals surface area (Å²) >= 11 is 0. The average molecular weight is 328 g/mol. The van der Waals surface area contributed by atoms with Crippen LogP contribution in [0.1, 0.15) is 18.5 Å². The molecule has 1 fully saturated rings. The number of fused-ring (bicyclic) bond motifs is 3. The van der Waals surface area contributed by atoms with Crippen LogP contribution in [0.2, 0.25) is 0 Å². The molecule has 1 aliphatic carbocycles. The molecule has 2 aromatic rings. The Hall–Kier alpha value is -2.57. The molecular weight excluding hydrogens is 308 g/mol. The molecule has 0 saturated heterocycles. The quantitative estimate of drug-likeness (QED) is 0.637. The molecule has 0 unspecified atom stereocenters. The summed E-state index contributed by atoms with van der Waals surface area (Å²) in [6, 6.07) is 3.46. The van der Waals surface area contributed by atoms with E-state index in [-0.39, 0.29) is 10.6 Å². The van der Waals surface area contributed by atoms with Gasteiger partial charge in [0, 0.05) is 61.2 Å². The topological polar surface area (TPSA) is 73.4 Å². The summed E-state index contributed by atoms with van der Waals surface area (Å²) in [6.07, 6.45) is 5.23. The molecule has 0 N–H and O–H groups in total. The number of benzene rings is 1. The summed E-state index contributed by atoms with van der Waals surface area (Å²) in [6.45, 7) is 1.88.